The fourth-order valence-corrected chi connectivity index (χ4v) is 1.91. The van der Waals surface area contributed by atoms with Crippen LogP contribution in [0.1, 0.15) is 12.0 Å². The van der Waals surface area contributed by atoms with Crippen molar-refractivity contribution in [2.45, 2.75) is 18.9 Å². The van der Waals surface area contributed by atoms with Gasteiger partial charge in [-0.1, -0.05) is 12.1 Å². The van der Waals surface area contributed by atoms with Crippen molar-refractivity contribution in [2.75, 3.05) is 19.6 Å². The van der Waals surface area contributed by atoms with Crippen LogP contribution in [0.5, 0.6) is 5.75 Å². The number of nitrogens with one attached hydrogen (secondary N) is 2. The van der Waals surface area contributed by atoms with Crippen LogP contribution in [0.4, 0.5) is 0 Å². The molecular weight excluding hydrogens is 188 g/mol. The van der Waals surface area contributed by atoms with Gasteiger partial charge in [-0.25, -0.2) is 0 Å². The average Bonchev–Trinajstić information content (AvgIpc) is 2.74. The first-order valence-electron chi connectivity index (χ1n) is 5.56. The fourth-order valence-electron chi connectivity index (χ4n) is 1.91. The predicted octanol–water partition coefficient (Wildman–Crippen LogP) is 0.886. The normalized spacial score (nSPS) is 20.7. The van der Waals surface area contributed by atoms with Crippen molar-refractivity contribution in [3.8, 4) is 5.75 Å². The molecule has 0 amide bonds. The molecule has 0 spiro atoms. The first-order chi connectivity index (χ1) is 7.34. The van der Waals surface area contributed by atoms with E-state index in [1.807, 2.05) is 12.1 Å². The highest BCUT2D eigenvalue weighted by molar-refractivity contribution is 5.25. The highest BCUT2D eigenvalue weighted by Crippen LogP contribution is 2.09. The molecule has 1 aliphatic rings. The molecule has 15 heavy (non-hydrogen) atoms. The number of phenolic OH excluding ortho intramolecular Hbond substituents is 1. The monoisotopic (exact) mass is 206 g/mol. The lowest BCUT2D eigenvalue weighted by molar-refractivity contribution is 0.475. The molecule has 2 rings (SSSR count). The molecule has 1 aliphatic heterocycles. The van der Waals surface area contributed by atoms with E-state index in [-0.39, 0.29) is 0 Å². The van der Waals surface area contributed by atoms with Crippen LogP contribution in [0.25, 0.3) is 0 Å². The molecule has 1 heterocycles. The largest absolute Gasteiger partial charge is 0.508 e. The Bertz CT molecular complexity index is 291. The minimum Gasteiger partial charge on any atom is -0.508 e. The highest BCUT2D eigenvalue weighted by Gasteiger charge is 2.12. The van der Waals surface area contributed by atoms with Gasteiger partial charge in [-0.2, -0.15) is 0 Å². The van der Waals surface area contributed by atoms with Crippen molar-refractivity contribution in [1.29, 1.82) is 0 Å². The standard InChI is InChI=1S/C12H18N2O/c15-12-3-1-10(2-4-12)5-8-14-11-6-7-13-9-11/h1-4,11,13-15H,5-9H2. The first kappa shape index (κ1) is 10.5. The van der Waals surface area contributed by atoms with Gasteiger partial charge in [-0.3, -0.25) is 0 Å². The summed E-state index contributed by atoms with van der Waals surface area (Å²) in [6, 6.07) is 8.08. The summed E-state index contributed by atoms with van der Waals surface area (Å²) in [5.41, 5.74) is 1.27. The number of aromatic hydroxyl groups is 1. The van der Waals surface area contributed by atoms with Crippen molar-refractivity contribution >= 4 is 0 Å². The van der Waals surface area contributed by atoms with Gasteiger partial charge in [0.1, 0.15) is 5.75 Å². The third-order valence-corrected chi connectivity index (χ3v) is 2.84. The topological polar surface area (TPSA) is 44.3 Å². The molecule has 3 heteroatoms. The van der Waals surface area contributed by atoms with Crippen LogP contribution in [-0.4, -0.2) is 30.8 Å². The zero-order chi connectivity index (χ0) is 10.5. The Kier molecular flexibility index (Phi) is 3.59. The molecular formula is C12H18N2O. The number of hydrogen-bond donors (Lipinski definition) is 3. The van der Waals surface area contributed by atoms with Crippen molar-refractivity contribution in [1.82, 2.24) is 10.6 Å². The maximum absolute atomic E-state index is 9.13. The molecule has 0 aromatic heterocycles. The van der Waals surface area contributed by atoms with Gasteiger partial charge in [-0.05, 0) is 43.6 Å². The third kappa shape index (κ3) is 3.22. The smallest absolute Gasteiger partial charge is 0.115 e. The molecule has 1 atom stereocenters. The lowest BCUT2D eigenvalue weighted by Gasteiger charge is -2.10. The Hall–Kier alpha value is -1.06. The molecule has 1 unspecified atom stereocenters. The van der Waals surface area contributed by atoms with E-state index in [0.29, 0.717) is 11.8 Å². The summed E-state index contributed by atoms with van der Waals surface area (Å²) < 4.78 is 0. The van der Waals surface area contributed by atoms with Crippen molar-refractivity contribution in [3.63, 3.8) is 0 Å². The van der Waals surface area contributed by atoms with Crippen LogP contribution in [-0.2, 0) is 6.42 Å². The summed E-state index contributed by atoms with van der Waals surface area (Å²) >= 11 is 0. The lowest BCUT2D eigenvalue weighted by Crippen LogP contribution is -2.32. The van der Waals surface area contributed by atoms with E-state index in [1.165, 1.54) is 12.0 Å². The van der Waals surface area contributed by atoms with Crippen molar-refractivity contribution in [3.05, 3.63) is 29.8 Å². The second kappa shape index (κ2) is 5.14. The molecule has 1 aromatic rings. The minimum absolute atomic E-state index is 0.340. The van der Waals surface area contributed by atoms with Crippen LogP contribution in [0.3, 0.4) is 0 Å². The molecule has 82 valence electrons. The van der Waals surface area contributed by atoms with E-state index >= 15 is 0 Å². The van der Waals surface area contributed by atoms with Crippen LogP contribution >= 0.6 is 0 Å². The van der Waals surface area contributed by atoms with Crippen molar-refractivity contribution < 1.29 is 5.11 Å². The summed E-state index contributed by atoms with van der Waals surface area (Å²) in [6.45, 7) is 3.24. The second-order valence-corrected chi connectivity index (χ2v) is 4.06. The first-order valence-corrected chi connectivity index (χ1v) is 5.56. The number of benzene rings is 1. The van der Waals surface area contributed by atoms with E-state index in [2.05, 4.69) is 10.6 Å². The molecule has 3 nitrogen and oxygen atoms in total. The van der Waals surface area contributed by atoms with E-state index < -0.39 is 0 Å². The van der Waals surface area contributed by atoms with Gasteiger partial charge in [0.25, 0.3) is 0 Å². The molecule has 1 aromatic carbocycles. The molecule has 0 radical (unpaired) electrons. The highest BCUT2D eigenvalue weighted by atomic mass is 16.3. The number of hydrogen-bond acceptors (Lipinski definition) is 3. The fraction of sp³-hybridized carbons (Fsp3) is 0.500. The molecule has 0 bridgehead atoms. The summed E-state index contributed by atoms with van der Waals surface area (Å²) in [5, 5.41) is 16.0. The van der Waals surface area contributed by atoms with Gasteiger partial charge in [0.05, 0.1) is 0 Å². The van der Waals surface area contributed by atoms with E-state index in [1.54, 1.807) is 12.1 Å². The molecule has 0 saturated carbocycles. The number of phenols is 1. The quantitative estimate of drug-likeness (QED) is 0.685. The summed E-state index contributed by atoms with van der Waals surface area (Å²) in [4.78, 5) is 0. The summed E-state index contributed by atoms with van der Waals surface area (Å²) in [5.74, 6) is 0.340. The summed E-state index contributed by atoms with van der Waals surface area (Å²) in [6.07, 6.45) is 2.26. The van der Waals surface area contributed by atoms with Crippen LogP contribution in [0, 0.1) is 0 Å². The van der Waals surface area contributed by atoms with Gasteiger partial charge in [0.15, 0.2) is 0 Å². The van der Waals surface area contributed by atoms with Crippen LogP contribution in [0.15, 0.2) is 24.3 Å². The van der Waals surface area contributed by atoms with Crippen LogP contribution in [0.2, 0.25) is 0 Å². The molecule has 0 aliphatic carbocycles. The zero-order valence-corrected chi connectivity index (χ0v) is 8.87. The van der Waals surface area contributed by atoms with Gasteiger partial charge in [0, 0.05) is 12.6 Å². The van der Waals surface area contributed by atoms with Gasteiger partial charge in [0.2, 0.25) is 0 Å². The predicted molar refractivity (Wildman–Crippen MR) is 61.1 cm³/mol. The maximum Gasteiger partial charge on any atom is 0.115 e. The van der Waals surface area contributed by atoms with E-state index in [9.17, 15) is 0 Å². The Morgan fingerprint density at radius 2 is 2.13 bits per heavy atom. The maximum atomic E-state index is 9.13. The summed E-state index contributed by atoms with van der Waals surface area (Å²) in [7, 11) is 0. The SMILES string of the molecule is Oc1ccc(CCNC2CCNC2)cc1. The van der Waals surface area contributed by atoms with E-state index in [0.717, 1.165) is 26.1 Å². The third-order valence-electron chi connectivity index (χ3n) is 2.84. The molecule has 1 saturated heterocycles. The van der Waals surface area contributed by atoms with Crippen LogP contribution < -0.4 is 10.6 Å². The van der Waals surface area contributed by atoms with E-state index in [4.69, 9.17) is 5.11 Å². The van der Waals surface area contributed by atoms with Gasteiger partial charge in [-0.15, -0.1) is 0 Å². The zero-order valence-electron chi connectivity index (χ0n) is 8.87. The van der Waals surface area contributed by atoms with Crippen molar-refractivity contribution in [2.24, 2.45) is 0 Å². The number of rotatable bonds is 4. The Labute approximate surface area is 90.5 Å². The average molecular weight is 206 g/mol. The lowest BCUT2D eigenvalue weighted by atomic mass is 10.1. The Balaban J connectivity index is 1.71. The van der Waals surface area contributed by atoms with Gasteiger partial charge >= 0.3 is 0 Å². The molecule has 1 fully saturated rings. The van der Waals surface area contributed by atoms with Gasteiger partial charge < -0.3 is 15.7 Å². The Morgan fingerprint density at radius 1 is 1.33 bits per heavy atom. The minimum atomic E-state index is 0.340. The second-order valence-electron chi connectivity index (χ2n) is 4.06. The molecule has 3 N–H and O–H groups in total. The Morgan fingerprint density at radius 3 is 2.80 bits per heavy atom.